The fourth-order valence-corrected chi connectivity index (χ4v) is 2.61. The highest BCUT2D eigenvalue weighted by molar-refractivity contribution is 7.19. The van der Waals surface area contributed by atoms with Gasteiger partial charge >= 0.3 is 0 Å². The van der Waals surface area contributed by atoms with Gasteiger partial charge in [-0.05, 0) is 6.92 Å². The van der Waals surface area contributed by atoms with Crippen LogP contribution in [0, 0.1) is 6.92 Å². The monoisotopic (exact) mass is 237 g/mol. The molecule has 0 atom stereocenters. The number of aromatic nitrogens is 3. The van der Waals surface area contributed by atoms with Gasteiger partial charge in [0.15, 0.2) is 5.13 Å². The third-order valence-corrected chi connectivity index (χ3v) is 3.68. The van der Waals surface area contributed by atoms with Crippen LogP contribution >= 0.6 is 11.3 Å². The van der Waals surface area contributed by atoms with Crippen LogP contribution in [0.25, 0.3) is 10.6 Å². The highest BCUT2D eigenvalue weighted by Crippen LogP contribution is 2.36. The summed E-state index contributed by atoms with van der Waals surface area (Å²) >= 11 is 1.63. The number of thiazole rings is 1. The minimum Gasteiger partial charge on any atom is -0.396 e. The number of hydrogen-bond acceptors (Lipinski definition) is 5. The molecule has 0 fully saturated rings. The van der Waals surface area contributed by atoms with Gasteiger partial charge in [-0.15, -0.1) is 0 Å². The Bertz CT molecular complexity index is 492. The zero-order chi connectivity index (χ0) is 11.9. The van der Waals surface area contributed by atoms with E-state index >= 15 is 0 Å². The second-order valence-corrected chi connectivity index (χ2v) is 4.86. The van der Waals surface area contributed by atoms with Crippen molar-refractivity contribution < 1.29 is 0 Å². The third-order valence-electron chi connectivity index (χ3n) is 2.35. The van der Waals surface area contributed by atoms with Crippen molar-refractivity contribution in [2.45, 2.75) is 6.92 Å². The molecule has 0 aliphatic carbocycles. The first-order valence-corrected chi connectivity index (χ1v) is 5.75. The van der Waals surface area contributed by atoms with Crippen molar-refractivity contribution in [3.05, 3.63) is 11.9 Å². The number of hydrogen-bond donors (Lipinski definition) is 1. The molecule has 2 aromatic heterocycles. The molecule has 0 aromatic carbocycles. The molecule has 2 N–H and O–H groups in total. The molecule has 2 rings (SSSR count). The zero-order valence-corrected chi connectivity index (χ0v) is 10.7. The van der Waals surface area contributed by atoms with Crippen molar-refractivity contribution in [2.75, 3.05) is 24.7 Å². The Hall–Kier alpha value is -1.56. The molecule has 0 bridgehead atoms. The molecule has 0 saturated heterocycles. The number of nitrogens with zero attached hydrogens (tertiary/aromatic N) is 4. The van der Waals surface area contributed by atoms with Gasteiger partial charge in [0.1, 0.15) is 5.69 Å². The first-order valence-electron chi connectivity index (χ1n) is 4.93. The predicted octanol–water partition coefficient (Wildman–Crippen LogP) is 1.50. The molecule has 0 radical (unpaired) electrons. The lowest BCUT2D eigenvalue weighted by molar-refractivity contribution is 0.776. The number of anilines is 2. The van der Waals surface area contributed by atoms with E-state index in [0.717, 1.165) is 21.4 Å². The molecule has 0 unspecified atom stereocenters. The fourth-order valence-electron chi connectivity index (χ4n) is 1.53. The van der Waals surface area contributed by atoms with Gasteiger partial charge in [0.05, 0.1) is 22.5 Å². The van der Waals surface area contributed by atoms with Crippen LogP contribution in [0.1, 0.15) is 5.69 Å². The SMILES string of the molecule is Cc1nc(N(C)C)sc1-c1c(N)cnn1C. The molecule has 0 amide bonds. The number of nitrogen functional groups attached to an aromatic ring is 1. The average molecular weight is 237 g/mol. The second kappa shape index (κ2) is 3.79. The van der Waals surface area contributed by atoms with E-state index in [1.807, 2.05) is 33.0 Å². The van der Waals surface area contributed by atoms with Crippen LogP contribution < -0.4 is 10.6 Å². The van der Waals surface area contributed by atoms with Crippen molar-refractivity contribution in [2.24, 2.45) is 7.05 Å². The molecular formula is C10H15N5S. The maximum absolute atomic E-state index is 5.91. The van der Waals surface area contributed by atoms with Crippen molar-refractivity contribution >= 4 is 22.2 Å². The summed E-state index contributed by atoms with van der Waals surface area (Å²) in [6, 6.07) is 0. The van der Waals surface area contributed by atoms with Gasteiger partial charge in [-0.2, -0.15) is 5.10 Å². The highest BCUT2D eigenvalue weighted by atomic mass is 32.1. The summed E-state index contributed by atoms with van der Waals surface area (Å²) < 4.78 is 1.79. The van der Waals surface area contributed by atoms with Gasteiger partial charge in [-0.1, -0.05) is 11.3 Å². The lowest BCUT2D eigenvalue weighted by Gasteiger charge is -2.05. The van der Waals surface area contributed by atoms with Gasteiger partial charge in [0.2, 0.25) is 0 Å². The molecule has 0 spiro atoms. The summed E-state index contributed by atoms with van der Waals surface area (Å²) in [6.45, 7) is 1.99. The molecule has 6 heteroatoms. The van der Waals surface area contributed by atoms with E-state index < -0.39 is 0 Å². The molecule has 5 nitrogen and oxygen atoms in total. The molecule has 0 aliphatic rings. The summed E-state index contributed by atoms with van der Waals surface area (Å²) in [5.74, 6) is 0. The van der Waals surface area contributed by atoms with Gasteiger partial charge in [-0.3, -0.25) is 4.68 Å². The third kappa shape index (κ3) is 1.65. The zero-order valence-electron chi connectivity index (χ0n) is 9.85. The minimum absolute atomic E-state index is 0.694. The van der Waals surface area contributed by atoms with E-state index in [2.05, 4.69) is 10.1 Å². The number of aryl methyl sites for hydroxylation is 2. The predicted molar refractivity (Wildman–Crippen MR) is 67.8 cm³/mol. The van der Waals surface area contributed by atoms with Crippen LogP contribution in [0.5, 0.6) is 0 Å². The lowest BCUT2D eigenvalue weighted by Crippen LogP contribution is -2.07. The Kier molecular flexibility index (Phi) is 2.59. The van der Waals surface area contributed by atoms with Crippen molar-refractivity contribution in [1.82, 2.24) is 14.8 Å². The number of nitrogens with two attached hydrogens (primary N) is 1. The Morgan fingerprint density at radius 2 is 2.12 bits per heavy atom. The molecule has 2 aromatic rings. The summed E-state index contributed by atoms with van der Waals surface area (Å²) in [6.07, 6.45) is 1.67. The summed E-state index contributed by atoms with van der Waals surface area (Å²) in [5.41, 5.74) is 8.54. The second-order valence-electron chi connectivity index (χ2n) is 3.88. The topological polar surface area (TPSA) is 60.0 Å². The van der Waals surface area contributed by atoms with Gasteiger partial charge in [0, 0.05) is 21.1 Å². The van der Waals surface area contributed by atoms with Crippen LogP contribution in [-0.2, 0) is 7.05 Å². The molecular weight excluding hydrogens is 222 g/mol. The maximum Gasteiger partial charge on any atom is 0.185 e. The molecule has 0 saturated carbocycles. The molecule has 0 aliphatic heterocycles. The van der Waals surface area contributed by atoms with Crippen LogP contribution in [-0.4, -0.2) is 28.9 Å². The standard InChI is InChI=1S/C10H15N5S/c1-6-9(16-10(13-6)14(2)3)8-7(11)5-12-15(8)4/h5H,11H2,1-4H3. The summed E-state index contributed by atoms with van der Waals surface area (Å²) in [4.78, 5) is 7.57. The van der Waals surface area contributed by atoms with Crippen LogP contribution in [0.2, 0.25) is 0 Å². The van der Waals surface area contributed by atoms with E-state index in [9.17, 15) is 0 Å². The lowest BCUT2D eigenvalue weighted by atomic mass is 10.3. The largest absolute Gasteiger partial charge is 0.396 e. The first-order chi connectivity index (χ1) is 7.50. The number of rotatable bonds is 2. The maximum atomic E-state index is 5.91. The molecule has 16 heavy (non-hydrogen) atoms. The molecule has 2 heterocycles. The van der Waals surface area contributed by atoms with Crippen LogP contribution in [0.4, 0.5) is 10.8 Å². The van der Waals surface area contributed by atoms with Crippen molar-refractivity contribution in [3.8, 4) is 10.6 Å². The van der Waals surface area contributed by atoms with Gasteiger partial charge < -0.3 is 10.6 Å². The Morgan fingerprint density at radius 3 is 2.56 bits per heavy atom. The summed E-state index contributed by atoms with van der Waals surface area (Å²) in [5, 5.41) is 5.12. The van der Waals surface area contributed by atoms with Crippen molar-refractivity contribution in [1.29, 1.82) is 0 Å². The summed E-state index contributed by atoms with van der Waals surface area (Å²) in [7, 11) is 5.85. The van der Waals surface area contributed by atoms with Crippen molar-refractivity contribution in [3.63, 3.8) is 0 Å². The normalized spacial score (nSPS) is 10.8. The van der Waals surface area contributed by atoms with E-state index in [1.165, 1.54) is 0 Å². The highest BCUT2D eigenvalue weighted by Gasteiger charge is 2.16. The minimum atomic E-state index is 0.694. The Labute approximate surface area is 98.5 Å². The van der Waals surface area contributed by atoms with E-state index in [1.54, 1.807) is 22.2 Å². The fraction of sp³-hybridized carbons (Fsp3) is 0.400. The van der Waals surface area contributed by atoms with E-state index in [4.69, 9.17) is 5.73 Å². The van der Waals surface area contributed by atoms with Crippen LogP contribution in [0.3, 0.4) is 0 Å². The Balaban J connectivity index is 2.56. The average Bonchev–Trinajstić information content (AvgIpc) is 2.71. The quantitative estimate of drug-likeness (QED) is 0.860. The Morgan fingerprint density at radius 1 is 1.44 bits per heavy atom. The van der Waals surface area contributed by atoms with Gasteiger partial charge in [-0.25, -0.2) is 4.98 Å². The smallest absolute Gasteiger partial charge is 0.185 e. The van der Waals surface area contributed by atoms with Gasteiger partial charge in [0.25, 0.3) is 0 Å². The van der Waals surface area contributed by atoms with E-state index in [-0.39, 0.29) is 0 Å². The van der Waals surface area contributed by atoms with E-state index in [0.29, 0.717) is 5.69 Å². The van der Waals surface area contributed by atoms with Crippen LogP contribution in [0.15, 0.2) is 6.20 Å². The molecule has 86 valence electrons. The first kappa shape index (κ1) is 10.9.